The molecule has 1 aromatic carbocycles. The van der Waals surface area contributed by atoms with Crippen molar-refractivity contribution < 1.29 is 19.5 Å². The van der Waals surface area contributed by atoms with E-state index in [1.165, 1.54) is 12.8 Å². The molecule has 0 bridgehead atoms. The van der Waals surface area contributed by atoms with Gasteiger partial charge in [0.25, 0.3) is 0 Å². The fourth-order valence-corrected chi connectivity index (χ4v) is 6.12. The minimum atomic E-state index is -0.750. The third-order valence-corrected chi connectivity index (χ3v) is 8.17. The van der Waals surface area contributed by atoms with Gasteiger partial charge in [-0.05, 0) is 63.6 Å². The number of nitrogens with one attached hydrogen (secondary N) is 1. The first-order valence-electron chi connectivity index (χ1n) is 13.3. The topological polar surface area (TPSA) is 85.3 Å². The Kier molecular flexibility index (Phi) is 8.09. The van der Waals surface area contributed by atoms with E-state index >= 15 is 0 Å². The van der Waals surface area contributed by atoms with Gasteiger partial charge in [0.05, 0.1) is 12.6 Å². The number of nitrogens with zero attached hydrogens (tertiary/aromatic N) is 3. The van der Waals surface area contributed by atoms with E-state index in [2.05, 4.69) is 5.32 Å². The molecular weight excluding hydrogens is 444 g/mol. The van der Waals surface area contributed by atoms with Crippen LogP contribution in [0.5, 0.6) is 5.75 Å². The fourth-order valence-electron chi connectivity index (χ4n) is 6.12. The molecule has 1 aliphatic heterocycles. The average Bonchev–Trinajstić information content (AvgIpc) is 3.08. The largest absolute Gasteiger partial charge is 0.497 e. The van der Waals surface area contributed by atoms with E-state index in [9.17, 15) is 14.8 Å². The van der Waals surface area contributed by atoms with E-state index < -0.39 is 17.7 Å². The summed E-state index contributed by atoms with van der Waals surface area (Å²) in [5, 5.41) is 15.1. The maximum absolute atomic E-state index is 13.8. The van der Waals surface area contributed by atoms with Crippen molar-refractivity contribution in [3.8, 4) is 5.75 Å². The fraction of sp³-hybridized carbons (Fsp3) is 0.704. The molecule has 1 aromatic rings. The Hall–Kier alpha value is -2.48. The third kappa shape index (κ3) is 5.52. The van der Waals surface area contributed by atoms with Crippen molar-refractivity contribution in [1.82, 2.24) is 20.2 Å². The van der Waals surface area contributed by atoms with E-state index in [4.69, 9.17) is 4.74 Å². The number of carbonyl (C=O) groups is 2. The normalized spacial score (nSPS) is 23.4. The molecule has 8 nitrogen and oxygen atoms in total. The summed E-state index contributed by atoms with van der Waals surface area (Å²) in [5.41, 5.74) is 0.359. The van der Waals surface area contributed by atoms with Crippen LogP contribution in [0.25, 0.3) is 0 Å². The van der Waals surface area contributed by atoms with Crippen molar-refractivity contribution >= 4 is 12.1 Å². The molecule has 8 heteroatoms. The van der Waals surface area contributed by atoms with E-state index in [-0.39, 0.29) is 18.1 Å². The van der Waals surface area contributed by atoms with Gasteiger partial charge in [-0.1, -0.05) is 50.7 Å². The minimum Gasteiger partial charge on any atom is -0.497 e. The van der Waals surface area contributed by atoms with Crippen molar-refractivity contribution in [3.63, 3.8) is 0 Å². The average molecular weight is 487 g/mol. The predicted molar refractivity (Wildman–Crippen MR) is 134 cm³/mol. The second-order valence-electron chi connectivity index (χ2n) is 10.9. The van der Waals surface area contributed by atoms with Crippen LogP contribution in [-0.2, 0) is 6.42 Å². The second-order valence-corrected chi connectivity index (χ2v) is 10.9. The van der Waals surface area contributed by atoms with E-state index in [1.54, 1.807) is 12.0 Å². The Labute approximate surface area is 209 Å². The van der Waals surface area contributed by atoms with E-state index in [0.29, 0.717) is 13.0 Å². The van der Waals surface area contributed by atoms with Gasteiger partial charge in [0.2, 0.25) is 0 Å². The molecular formula is C27H42N4O4. The van der Waals surface area contributed by atoms with Crippen LogP contribution in [0.4, 0.5) is 9.59 Å². The van der Waals surface area contributed by atoms with Crippen LogP contribution in [-0.4, -0.2) is 69.6 Å². The number of rotatable bonds is 7. The maximum atomic E-state index is 13.8. The van der Waals surface area contributed by atoms with Gasteiger partial charge in [-0.25, -0.2) is 9.59 Å². The first kappa shape index (κ1) is 25.6. The molecule has 1 saturated heterocycles. The number of carbonyl (C=O) groups excluding carboxylic acids is 2. The number of ether oxygens (including phenoxy) is 1. The highest BCUT2D eigenvalue weighted by Gasteiger charge is 2.57. The van der Waals surface area contributed by atoms with Crippen molar-refractivity contribution in [3.05, 3.63) is 29.8 Å². The number of hydrogen-bond acceptors (Lipinski definition) is 4. The van der Waals surface area contributed by atoms with Crippen LogP contribution in [0.1, 0.15) is 83.6 Å². The summed E-state index contributed by atoms with van der Waals surface area (Å²) in [6.07, 6.45) is 10.3. The SMILES string of the molecule is COc1ccc(CCN2C(=O)N(C3CCCCC3)C(N(O)C(=O)NC3CCCCC3)C2(C)C)cc1. The lowest BCUT2D eigenvalue weighted by Gasteiger charge is -2.41. The molecule has 35 heavy (non-hydrogen) atoms. The molecule has 1 atom stereocenters. The standard InChI is InChI=1S/C27H42N4O4/c1-27(2)24(31(34)25(32)28-21-10-6-4-7-11-21)30(22-12-8-5-9-13-22)26(33)29(27)19-18-20-14-16-23(35-3)17-15-20/h14-17,21-22,24,34H,4-13,18-19H2,1-3H3,(H,28,32). The van der Waals surface area contributed by atoms with Gasteiger partial charge in [0.15, 0.2) is 6.17 Å². The molecule has 2 saturated carbocycles. The monoisotopic (exact) mass is 486 g/mol. The van der Waals surface area contributed by atoms with Crippen LogP contribution >= 0.6 is 0 Å². The highest BCUT2D eigenvalue weighted by Crippen LogP contribution is 2.39. The number of methoxy groups -OCH3 is 1. The van der Waals surface area contributed by atoms with Crippen LogP contribution in [0, 0.1) is 0 Å². The number of benzene rings is 1. The van der Waals surface area contributed by atoms with Crippen molar-refractivity contribution in [2.45, 2.75) is 108 Å². The first-order chi connectivity index (χ1) is 16.8. The summed E-state index contributed by atoms with van der Waals surface area (Å²) in [6.45, 7) is 4.43. The lowest BCUT2D eigenvalue weighted by Crippen LogP contribution is -2.61. The Bertz CT molecular complexity index is 862. The molecule has 0 spiro atoms. The van der Waals surface area contributed by atoms with Gasteiger partial charge >= 0.3 is 12.1 Å². The summed E-state index contributed by atoms with van der Waals surface area (Å²) in [6, 6.07) is 7.40. The second kappa shape index (κ2) is 11.1. The van der Waals surface area contributed by atoms with Crippen LogP contribution in [0.3, 0.4) is 0 Å². The zero-order valence-corrected chi connectivity index (χ0v) is 21.5. The highest BCUT2D eigenvalue weighted by molar-refractivity contribution is 5.81. The minimum absolute atomic E-state index is 0.0311. The van der Waals surface area contributed by atoms with Crippen LogP contribution in [0.15, 0.2) is 24.3 Å². The van der Waals surface area contributed by atoms with Crippen molar-refractivity contribution in [1.29, 1.82) is 0 Å². The molecule has 3 fully saturated rings. The van der Waals surface area contributed by atoms with E-state index in [0.717, 1.165) is 67.7 Å². The van der Waals surface area contributed by atoms with Gasteiger partial charge in [0.1, 0.15) is 5.75 Å². The molecule has 2 N–H and O–H groups in total. The quantitative estimate of drug-likeness (QED) is 0.412. The van der Waals surface area contributed by atoms with Crippen molar-refractivity contribution in [2.75, 3.05) is 13.7 Å². The molecule has 3 aliphatic rings. The third-order valence-electron chi connectivity index (χ3n) is 8.17. The smallest absolute Gasteiger partial charge is 0.343 e. The zero-order valence-electron chi connectivity index (χ0n) is 21.5. The lowest BCUT2D eigenvalue weighted by molar-refractivity contribution is -0.141. The van der Waals surface area contributed by atoms with E-state index in [1.807, 2.05) is 43.0 Å². The lowest BCUT2D eigenvalue weighted by atomic mass is 9.92. The molecule has 0 aromatic heterocycles. The molecule has 4 rings (SSSR count). The molecule has 194 valence electrons. The van der Waals surface area contributed by atoms with Gasteiger partial charge in [-0.2, -0.15) is 5.06 Å². The van der Waals surface area contributed by atoms with Crippen LogP contribution < -0.4 is 10.1 Å². The Morgan fingerprint density at radius 1 is 1.06 bits per heavy atom. The number of hydrogen-bond donors (Lipinski definition) is 2. The highest BCUT2D eigenvalue weighted by atomic mass is 16.5. The molecule has 1 heterocycles. The molecule has 4 amide bonds. The summed E-state index contributed by atoms with van der Waals surface area (Å²) in [4.78, 5) is 30.6. The summed E-state index contributed by atoms with van der Waals surface area (Å²) in [5.74, 6) is 0.801. The first-order valence-corrected chi connectivity index (χ1v) is 13.3. The van der Waals surface area contributed by atoms with Crippen molar-refractivity contribution in [2.24, 2.45) is 0 Å². The zero-order chi connectivity index (χ0) is 25.0. The summed E-state index contributed by atoms with van der Waals surface area (Å²) >= 11 is 0. The van der Waals surface area contributed by atoms with Crippen LogP contribution in [0.2, 0.25) is 0 Å². The van der Waals surface area contributed by atoms with Gasteiger partial charge in [-0.3, -0.25) is 10.1 Å². The maximum Gasteiger partial charge on any atom is 0.343 e. The molecule has 1 unspecified atom stereocenters. The molecule has 2 aliphatic carbocycles. The predicted octanol–water partition coefficient (Wildman–Crippen LogP) is 5.15. The Morgan fingerprint density at radius 2 is 1.66 bits per heavy atom. The van der Waals surface area contributed by atoms with Gasteiger partial charge < -0.3 is 15.0 Å². The summed E-state index contributed by atoms with van der Waals surface area (Å²) in [7, 11) is 1.64. The Morgan fingerprint density at radius 3 is 2.26 bits per heavy atom. The van der Waals surface area contributed by atoms with Gasteiger partial charge in [-0.15, -0.1) is 0 Å². The number of amides is 4. The number of urea groups is 2. The summed E-state index contributed by atoms with van der Waals surface area (Å²) < 4.78 is 5.25. The van der Waals surface area contributed by atoms with Gasteiger partial charge in [0, 0.05) is 18.6 Å². The number of hydroxylamine groups is 2. The Balaban J connectivity index is 1.53. The molecule has 0 radical (unpaired) electrons.